The average Bonchev–Trinajstić information content (AvgIpc) is 3.62. The van der Waals surface area contributed by atoms with Crippen LogP contribution in [0.1, 0.15) is 69.4 Å². The SMILES string of the molecule is COC(=O)CC1(C(=O)OC2C(OC)=CC34CCCN3CCc3cc5c(cc3C24)OCO5)CCC(C)(C)C1. The second-order valence-electron chi connectivity index (χ2n) is 12.2. The van der Waals surface area contributed by atoms with Crippen molar-refractivity contribution >= 4 is 11.9 Å². The molecule has 1 spiro atoms. The maximum absolute atomic E-state index is 14.1. The lowest BCUT2D eigenvalue weighted by molar-refractivity contribution is -0.168. The summed E-state index contributed by atoms with van der Waals surface area (Å²) in [5, 5.41) is 0. The number of nitrogens with zero attached hydrogens (tertiary/aromatic N) is 1. The summed E-state index contributed by atoms with van der Waals surface area (Å²) in [6.45, 7) is 6.41. The van der Waals surface area contributed by atoms with Crippen LogP contribution in [0.15, 0.2) is 24.0 Å². The van der Waals surface area contributed by atoms with E-state index in [1.807, 2.05) is 0 Å². The van der Waals surface area contributed by atoms with Gasteiger partial charge in [-0.05, 0) is 79.8 Å². The van der Waals surface area contributed by atoms with Crippen LogP contribution in [0, 0.1) is 10.8 Å². The number of hydrogen-bond donors (Lipinski definition) is 0. The van der Waals surface area contributed by atoms with E-state index in [-0.39, 0.29) is 42.0 Å². The molecule has 37 heavy (non-hydrogen) atoms. The van der Waals surface area contributed by atoms with Crippen LogP contribution < -0.4 is 9.47 Å². The number of carbonyl (C=O) groups is 2. The van der Waals surface area contributed by atoms with Crippen molar-refractivity contribution in [2.24, 2.45) is 10.8 Å². The molecule has 1 aromatic carbocycles. The van der Waals surface area contributed by atoms with Crippen LogP contribution in [0.2, 0.25) is 0 Å². The molecule has 0 bridgehead atoms. The molecule has 3 aliphatic heterocycles. The van der Waals surface area contributed by atoms with Crippen LogP contribution in [0.25, 0.3) is 0 Å². The Kier molecular flexibility index (Phi) is 5.75. The molecule has 1 aromatic rings. The maximum atomic E-state index is 14.1. The first kappa shape index (κ1) is 24.6. The predicted octanol–water partition coefficient (Wildman–Crippen LogP) is 4.10. The van der Waals surface area contributed by atoms with Crippen molar-refractivity contribution in [1.82, 2.24) is 4.90 Å². The molecule has 200 valence electrons. The number of methoxy groups -OCH3 is 2. The highest BCUT2D eigenvalue weighted by Crippen LogP contribution is 2.57. The molecule has 8 heteroatoms. The van der Waals surface area contributed by atoms with Crippen LogP contribution in [0.3, 0.4) is 0 Å². The Morgan fingerprint density at radius 2 is 1.86 bits per heavy atom. The third-order valence-corrected chi connectivity index (χ3v) is 9.44. The third-order valence-electron chi connectivity index (χ3n) is 9.44. The lowest BCUT2D eigenvalue weighted by Gasteiger charge is -2.40. The van der Waals surface area contributed by atoms with Crippen LogP contribution >= 0.6 is 0 Å². The van der Waals surface area contributed by atoms with E-state index in [9.17, 15) is 9.59 Å². The number of rotatable bonds is 5. The number of hydrogen-bond acceptors (Lipinski definition) is 8. The topological polar surface area (TPSA) is 83.5 Å². The molecule has 4 unspecified atom stereocenters. The minimum atomic E-state index is -0.900. The lowest BCUT2D eigenvalue weighted by atomic mass is 9.77. The number of benzene rings is 1. The molecule has 0 N–H and O–H groups in total. The highest BCUT2D eigenvalue weighted by atomic mass is 16.7. The van der Waals surface area contributed by atoms with Crippen LogP contribution in [0.5, 0.6) is 11.5 Å². The lowest BCUT2D eigenvalue weighted by Crippen LogP contribution is -2.48. The van der Waals surface area contributed by atoms with Gasteiger partial charge in [-0.25, -0.2) is 0 Å². The van der Waals surface area contributed by atoms with E-state index in [1.165, 1.54) is 12.7 Å². The van der Waals surface area contributed by atoms with E-state index in [0.29, 0.717) is 18.6 Å². The molecule has 2 fully saturated rings. The summed E-state index contributed by atoms with van der Waals surface area (Å²) < 4.78 is 28.9. The summed E-state index contributed by atoms with van der Waals surface area (Å²) in [7, 11) is 3.02. The summed E-state index contributed by atoms with van der Waals surface area (Å²) in [5.41, 5.74) is 1.08. The minimum Gasteiger partial charge on any atom is -0.497 e. The highest BCUT2D eigenvalue weighted by Gasteiger charge is 2.60. The maximum Gasteiger partial charge on any atom is 0.313 e. The molecular formula is C29H37NO7. The summed E-state index contributed by atoms with van der Waals surface area (Å²) in [6.07, 6.45) is 6.61. The Hall–Kier alpha value is -2.74. The molecule has 2 aliphatic carbocycles. The first-order valence-electron chi connectivity index (χ1n) is 13.4. The average molecular weight is 512 g/mol. The summed E-state index contributed by atoms with van der Waals surface area (Å²) in [5.74, 6) is 1.34. The Balaban J connectivity index is 1.41. The van der Waals surface area contributed by atoms with Crippen LogP contribution in [0.4, 0.5) is 0 Å². The Labute approximate surface area is 218 Å². The van der Waals surface area contributed by atoms with E-state index < -0.39 is 11.5 Å². The van der Waals surface area contributed by atoms with Gasteiger partial charge in [0.05, 0.1) is 37.5 Å². The van der Waals surface area contributed by atoms with Gasteiger partial charge in [-0.15, -0.1) is 0 Å². The van der Waals surface area contributed by atoms with Gasteiger partial charge in [0.2, 0.25) is 6.79 Å². The Morgan fingerprint density at radius 3 is 2.57 bits per heavy atom. The second-order valence-corrected chi connectivity index (χ2v) is 12.2. The molecule has 3 heterocycles. The zero-order valence-electron chi connectivity index (χ0n) is 22.3. The first-order chi connectivity index (χ1) is 17.7. The quantitative estimate of drug-likeness (QED) is 0.547. The van der Waals surface area contributed by atoms with E-state index >= 15 is 0 Å². The minimum absolute atomic E-state index is 0.0295. The van der Waals surface area contributed by atoms with E-state index in [2.05, 4.69) is 37.0 Å². The van der Waals surface area contributed by atoms with Gasteiger partial charge in [0.15, 0.2) is 17.6 Å². The molecule has 4 atom stereocenters. The van der Waals surface area contributed by atoms with Gasteiger partial charge in [-0.2, -0.15) is 0 Å². The van der Waals surface area contributed by atoms with Gasteiger partial charge in [0.25, 0.3) is 0 Å². The molecule has 5 aliphatic rings. The van der Waals surface area contributed by atoms with Gasteiger partial charge < -0.3 is 23.7 Å². The third kappa shape index (κ3) is 3.82. The molecule has 6 rings (SSSR count). The van der Waals surface area contributed by atoms with Crippen LogP contribution in [-0.4, -0.2) is 62.6 Å². The van der Waals surface area contributed by atoms with Crippen molar-refractivity contribution in [3.05, 3.63) is 35.1 Å². The van der Waals surface area contributed by atoms with Gasteiger partial charge in [-0.3, -0.25) is 14.5 Å². The zero-order chi connectivity index (χ0) is 26.0. The summed E-state index contributed by atoms with van der Waals surface area (Å²) in [4.78, 5) is 29.1. The number of carbonyl (C=O) groups excluding carboxylic acids is 2. The summed E-state index contributed by atoms with van der Waals surface area (Å²) in [6, 6.07) is 4.18. The van der Waals surface area contributed by atoms with Gasteiger partial charge >= 0.3 is 11.9 Å². The Morgan fingerprint density at radius 1 is 1.08 bits per heavy atom. The number of ether oxygens (including phenoxy) is 5. The van der Waals surface area contributed by atoms with Crippen LogP contribution in [-0.2, 0) is 30.2 Å². The molecular weight excluding hydrogens is 474 g/mol. The molecule has 0 aromatic heterocycles. The predicted molar refractivity (Wildman–Crippen MR) is 134 cm³/mol. The highest BCUT2D eigenvalue weighted by molar-refractivity contribution is 5.84. The van der Waals surface area contributed by atoms with E-state index in [4.69, 9.17) is 23.7 Å². The fraction of sp³-hybridized carbons (Fsp3) is 0.655. The number of fused-ring (bicyclic) bond motifs is 3. The van der Waals surface area contributed by atoms with Crippen molar-refractivity contribution < 1.29 is 33.3 Å². The fourth-order valence-electron chi connectivity index (χ4n) is 7.75. The van der Waals surface area contributed by atoms with Gasteiger partial charge in [0, 0.05) is 6.54 Å². The number of esters is 2. The zero-order valence-corrected chi connectivity index (χ0v) is 22.3. The smallest absolute Gasteiger partial charge is 0.313 e. The summed E-state index contributed by atoms with van der Waals surface area (Å²) >= 11 is 0. The molecule has 0 radical (unpaired) electrons. The monoisotopic (exact) mass is 511 g/mol. The second kappa shape index (κ2) is 8.65. The first-order valence-corrected chi connectivity index (χ1v) is 13.4. The fourth-order valence-corrected chi connectivity index (χ4v) is 7.75. The molecule has 1 saturated heterocycles. The Bertz CT molecular complexity index is 1160. The van der Waals surface area contributed by atoms with E-state index in [1.54, 1.807) is 7.11 Å². The molecule has 1 saturated carbocycles. The van der Waals surface area contributed by atoms with Crippen molar-refractivity contribution in [1.29, 1.82) is 0 Å². The van der Waals surface area contributed by atoms with Gasteiger partial charge in [0.1, 0.15) is 5.76 Å². The standard InChI is InChI=1S/C29H37NO7/c1-27(2)8-9-28(16-27,15-23(31)34-4)26(32)37-25-22(33-3)14-29-7-5-10-30(29)11-6-18-12-20-21(36-17-35-20)13-19(18)24(25)29/h12-14,24-25H,5-11,15-17H2,1-4H3. The normalized spacial score (nSPS) is 33.1. The van der Waals surface area contributed by atoms with E-state index in [0.717, 1.165) is 55.8 Å². The van der Waals surface area contributed by atoms with Gasteiger partial charge in [-0.1, -0.05) is 13.8 Å². The van der Waals surface area contributed by atoms with Crippen molar-refractivity contribution in [3.63, 3.8) is 0 Å². The van der Waals surface area contributed by atoms with Crippen molar-refractivity contribution in [2.45, 2.75) is 76.4 Å². The van der Waals surface area contributed by atoms with Crippen molar-refractivity contribution in [2.75, 3.05) is 34.1 Å². The molecule has 8 nitrogen and oxygen atoms in total. The van der Waals surface area contributed by atoms with Crippen molar-refractivity contribution in [3.8, 4) is 11.5 Å². The largest absolute Gasteiger partial charge is 0.497 e. The molecule has 0 amide bonds.